The molecule has 29 heavy (non-hydrogen) atoms. The van der Waals surface area contributed by atoms with E-state index < -0.39 is 24.3 Å². The van der Waals surface area contributed by atoms with Crippen LogP contribution in [-0.2, 0) is 9.53 Å². The summed E-state index contributed by atoms with van der Waals surface area (Å²) in [6.07, 6.45) is 9.11. The van der Waals surface area contributed by atoms with Gasteiger partial charge >= 0.3 is 0 Å². The summed E-state index contributed by atoms with van der Waals surface area (Å²) in [4.78, 5) is 12.2. The first-order valence-corrected chi connectivity index (χ1v) is 11.6. The summed E-state index contributed by atoms with van der Waals surface area (Å²) in [5.41, 5.74) is 0.481. The first-order valence-electron chi connectivity index (χ1n) is 11.6. The predicted octanol–water partition coefficient (Wildman–Crippen LogP) is 0.560. The van der Waals surface area contributed by atoms with Crippen LogP contribution in [0.15, 0.2) is 0 Å². The molecule has 0 unspecified atom stereocenters. The third-order valence-electron chi connectivity index (χ3n) is 7.81. The number of unbranched alkanes of at least 4 members (excludes halogenated alkanes) is 2. The molecule has 5 N–H and O–H groups in total. The molecule has 4 atom stereocenters. The number of hydrogen-bond acceptors (Lipinski definition) is 6. The van der Waals surface area contributed by atoms with E-state index in [1.807, 2.05) is 0 Å². The lowest BCUT2D eigenvalue weighted by Gasteiger charge is -2.56. The SMILES string of the molecule is O=C(NCCCCCOCC12CC3CC(CC(C3)C1)C2)[C@@H]1N[C@@H](CO)[C@H](O)[C@H]1O. The van der Waals surface area contributed by atoms with E-state index in [1.165, 1.54) is 38.5 Å². The van der Waals surface area contributed by atoms with Crippen molar-refractivity contribution in [1.29, 1.82) is 0 Å². The Hall–Kier alpha value is -0.730. The maximum absolute atomic E-state index is 12.2. The molecule has 0 aromatic rings. The minimum atomic E-state index is -1.19. The normalized spacial score (nSPS) is 43.1. The summed E-state index contributed by atoms with van der Waals surface area (Å²) in [5, 5.41) is 34.4. The number of nitrogens with one attached hydrogen (secondary N) is 2. The van der Waals surface area contributed by atoms with Gasteiger partial charge in [0.25, 0.3) is 0 Å². The number of hydrogen-bond donors (Lipinski definition) is 5. The topological polar surface area (TPSA) is 111 Å². The van der Waals surface area contributed by atoms with E-state index in [0.717, 1.165) is 50.2 Å². The fourth-order valence-electron chi connectivity index (χ4n) is 6.84. The summed E-state index contributed by atoms with van der Waals surface area (Å²) in [6.45, 7) is 1.96. The number of aliphatic hydroxyl groups excluding tert-OH is 3. The third-order valence-corrected chi connectivity index (χ3v) is 7.81. The van der Waals surface area contributed by atoms with E-state index in [9.17, 15) is 15.0 Å². The van der Waals surface area contributed by atoms with E-state index >= 15 is 0 Å². The van der Waals surface area contributed by atoms with Crippen molar-refractivity contribution in [2.24, 2.45) is 23.2 Å². The molecule has 5 aliphatic rings. The quantitative estimate of drug-likeness (QED) is 0.337. The second kappa shape index (κ2) is 9.18. The first kappa shape index (κ1) is 21.5. The highest BCUT2D eigenvalue weighted by atomic mass is 16.5. The van der Waals surface area contributed by atoms with Crippen molar-refractivity contribution in [3.05, 3.63) is 0 Å². The zero-order valence-corrected chi connectivity index (χ0v) is 17.4. The molecule has 0 radical (unpaired) electrons. The van der Waals surface area contributed by atoms with Gasteiger partial charge in [-0.2, -0.15) is 0 Å². The molecule has 4 bridgehead atoms. The fraction of sp³-hybridized carbons (Fsp3) is 0.955. The molecule has 1 amide bonds. The van der Waals surface area contributed by atoms with Gasteiger partial charge in [0.15, 0.2) is 0 Å². The average molecular weight is 411 g/mol. The van der Waals surface area contributed by atoms with Gasteiger partial charge in [-0.1, -0.05) is 0 Å². The largest absolute Gasteiger partial charge is 0.395 e. The van der Waals surface area contributed by atoms with Gasteiger partial charge in [0.05, 0.1) is 25.4 Å². The molecule has 4 saturated carbocycles. The van der Waals surface area contributed by atoms with Crippen LogP contribution < -0.4 is 10.6 Å². The van der Waals surface area contributed by atoms with Gasteiger partial charge in [0.1, 0.15) is 12.1 Å². The van der Waals surface area contributed by atoms with Crippen molar-refractivity contribution < 1.29 is 24.9 Å². The van der Waals surface area contributed by atoms with Crippen molar-refractivity contribution in [3.63, 3.8) is 0 Å². The van der Waals surface area contributed by atoms with Crippen LogP contribution in [0.25, 0.3) is 0 Å². The molecule has 1 aliphatic heterocycles. The molecule has 0 aromatic carbocycles. The number of ether oxygens (including phenoxy) is 1. The van der Waals surface area contributed by atoms with Crippen molar-refractivity contribution >= 4 is 5.91 Å². The van der Waals surface area contributed by atoms with Gasteiger partial charge in [-0.3, -0.25) is 10.1 Å². The Kier molecular flexibility index (Phi) is 6.81. The Balaban J connectivity index is 1.05. The molecule has 166 valence electrons. The third kappa shape index (κ3) is 4.79. The predicted molar refractivity (Wildman–Crippen MR) is 108 cm³/mol. The van der Waals surface area contributed by atoms with E-state index in [0.29, 0.717) is 12.0 Å². The minimum absolute atomic E-state index is 0.314. The average Bonchev–Trinajstić information content (AvgIpc) is 2.97. The van der Waals surface area contributed by atoms with Crippen molar-refractivity contribution in [2.45, 2.75) is 82.1 Å². The fourth-order valence-corrected chi connectivity index (χ4v) is 6.84. The van der Waals surface area contributed by atoms with Crippen LogP contribution in [0.4, 0.5) is 0 Å². The number of rotatable bonds is 10. The van der Waals surface area contributed by atoms with E-state index in [2.05, 4.69) is 10.6 Å². The summed E-state index contributed by atoms with van der Waals surface area (Å²) >= 11 is 0. The number of carbonyl (C=O) groups excluding carboxylic acids is 1. The monoisotopic (exact) mass is 410 g/mol. The van der Waals surface area contributed by atoms with Crippen LogP contribution in [-0.4, -0.2) is 71.9 Å². The van der Waals surface area contributed by atoms with E-state index in [-0.39, 0.29) is 12.5 Å². The van der Waals surface area contributed by atoms with Gasteiger partial charge < -0.3 is 25.4 Å². The highest BCUT2D eigenvalue weighted by Crippen LogP contribution is 2.60. The van der Waals surface area contributed by atoms with Crippen LogP contribution in [0.1, 0.15) is 57.8 Å². The molecule has 4 aliphatic carbocycles. The van der Waals surface area contributed by atoms with Gasteiger partial charge in [-0.25, -0.2) is 0 Å². The first-order chi connectivity index (χ1) is 14.0. The molecule has 0 aromatic heterocycles. The summed E-state index contributed by atoms with van der Waals surface area (Å²) in [7, 11) is 0. The highest BCUT2D eigenvalue weighted by Gasteiger charge is 2.50. The van der Waals surface area contributed by atoms with Crippen molar-refractivity contribution in [2.75, 3.05) is 26.4 Å². The zero-order chi connectivity index (χ0) is 20.4. The lowest BCUT2D eigenvalue weighted by molar-refractivity contribution is -0.125. The number of aliphatic hydroxyl groups is 3. The maximum Gasteiger partial charge on any atom is 0.239 e. The van der Waals surface area contributed by atoms with Gasteiger partial charge in [-0.15, -0.1) is 0 Å². The number of carbonyl (C=O) groups is 1. The minimum Gasteiger partial charge on any atom is -0.395 e. The maximum atomic E-state index is 12.2. The Bertz CT molecular complexity index is 536. The number of amides is 1. The van der Waals surface area contributed by atoms with Crippen molar-refractivity contribution in [1.82, 2.24) is 10.6 Å². The molecule has 0 spiro atoms. The van der Waals surface area contributed by atoms with E-state index in [4.69, 9.17) is 9.84 Å². The Morgan fingerprint density at radius 2 is 1.66 bits per heavy atom. The Morgan fingerprint density at radius 1 is 1.00 bits per heavy atom. The molecule has 7 nitrogen and oxygen atoms in total. The molecule has 1 heterocycles. The van der Waals surface area contributed by atoms with Crippen LogP contribution in [0.2, 0.25) is 0 Å². The zero-order valence-electron chi connectivity index (χ0n) is 17.4. The molecular formula is C22H38N2O5. The van der Waals surface area contributed by atoms with Crippen LogP contribution >= 0.6 is 0 Å². The molecular weight excluding hydrogens is 372 g/mol. The standard InChI is InChI=1S/C22H38N2O5/c25-12-17-19(26)20(27)18(24-17)21(28)23-4-2-1-3-5-29-13-22-9-14-6-15(10-22)8-16(7-14)11-22/h14-20,24-27H,1-13H2,(H,23,28)/t14?,15?,16?,17-,18+,19-,20-,22?/m0/s1. The Morgan fingerprint density at radius 3 is 2.24 bits per heavy atom. The molecule has 7 heteroatoms. The van der Waals surface area contributed by atoms with Gasteiger partial charge in [0, 0.05) is 13.2 Å². The molecule has 1 saturated heterocycles. The second-order valence-electron chi connectivity index (χ2n) is 10.2. The van der Waals surface area contributed by atoms with E-state index in [1.54, 1.807) is 0 Å². The van der Waals surface area contributed by atoms with Gasteiger partial charge in [-0.05, 0) is 81.0 Å². The second-order valence-corrected chi connectivity index (χ2v) is 10.2. The van der Waals surface area contributed by atoms with Crippen molar-refractivity contribution in [3.8, 4) is 0 Å². The lowest BCUT2D eigenvalue weighted by atomic mass is 9.50. The summed E-state index contributed by atoms with van der Waals surface area (Å²) in [6, 6.07) is -1.53. The van der Waals surface area contributed by atoms with Crippen LogP contribution in [0, 0.1) is 23.2 Å². The Labute approximate surface area is 173 Å². The van der Waals surface area contributed by atoms with Crippen LogP contribution in [0.5, 0.6) is 0 Å². The summed E-state index contributed by atoms with van der Waals surface area (Å²) in [5.74, 6) is 2.57. The molecule has 5 fully saturated rings. The van der Waals surface area contributed by atoms with Gasteiger partial charge in [0.2, 0.25) is 5.91 Å². The highest BCUT2D eigenvalue weighted by molar-refractivity contribution is 5.83. The smallest absolute Gasteiger partial charge is 0.239 e. The van der Waals surface area contributed by atoms with Crippen LogP contribution in [0.3, 0.4) is 0 Å². The summed E-state index contributed by atoms with van der Waals surface area (Å²) < 4.78 is 6.10. The lowest BCUT2D eigenvalue weighted by Crippen LogP contribution is -2.48. The molecule has 5 rings (SSSR count).